The van der Waals surface area contributed by atoms with Gasteiger partial charge in [0.05, 0.1) is 58.6 Å². The van der Waals surface area contributed by atoms with Crippen LogP contribution in [-0.2, 0) is 20.9 Å². The Bertz CT molecular complexity index is 4560. The summed E-state index contributed by atoms with van der Waals surface area (Å²) >= 11 is 0.379. The SMILES string of the molecule is COc1ccc2sc(/C(C#N)=c3/c4c(-c5ccc(OCCCCC(C)=O)cc5)n(B(c5ccccc5)c5ccccc5)/c(=C(/C#N)c5nc6cc(OC)ccc6s5)c4c(-c4ccc(OCCCCC(=O)NS(=O)O)cc4)n3B(C)c3ccccc3)nc2c1. The van der Waals surface area contributed by atoms with Crippen LogP contribution in [0.15, 0.2) is 176 Å². The number of carbonyl (C=O) groups is 2. The van der Waals surface area contributed by atoms with Crippen molar-refractivity contribution in [2.45, 2.75) is 52.3 Å². The van der Waals surface area contributed by atoms with Crippen molar-refractivity contribution in [3.05, 3.63) is 197 Å². The van der Waals surface area contributed by atoms with E-state index in [-0.39, 0.29) is 18.8 Å². The summed E-state index contributed by atoms with van der Waals surface area (Å²) in [4.78, 5) is 34.5. The number of Topliss-reactive ketones (excluding diaryl/α,β-unsaturated/α-hetero) is 1. The topological polar surface area (TPSA) is 204 Å². The number of nitriles is 2. The van der Waals surface area contributed by atoms with E-state index >= 15 is 0 Å². The maximum atomic E-state index is 12.3. The van der Waals surface area contributed by atoms with E-state index in [2.05, 4.69) is 64.3 Å². The number of fused-ring (bicyclic) bond motifs is 3. The fraction of sp³-hybridized carbons (Fsp3) is 0.176. The van der Waals surface area contributed by atoms with Gasteiger partial charge in [-0.15, -0.1) is 22.7 Å². The highest BCUT2D eigenvalue weighted by molar-refractivity contribution is 7.77. The molecule has 0 saturated heterocycles. The van der Waals surface area contributed by atoms with Crippen molar-refractivity contribution in [1.29, 1.82) is 10.5 Å². The molecule has 20 heteroatoms. The lowest BCUT2D eigenvalue weighted by atomic mass is 9.50. The molecule has 438 valence electrons. The molecule has 4 heterocycles. The normalized spacial score (nSPS) is 12.3. The van der Waals surface area contributed by atoms with Crippen molar-refractivity contribution >= 4 is 118 Å². The van der Waals surface area contributed by atoms with Gasteiger partial charge in [0.15, 0.2) is 0 Å². The monoisotopic (exact) mass is 1220 g/mol. The van der Waals surface area contributed by atoms with Gasteiger partial charge in [-0.25, -0.2) is 14.2 Å². The molecule has 11 rings (SSSR count). The van der Waals surface area contributed by atoms with E-state index < -0.39 is 30.9 Å². The third-order valence-electron chi connectivity index (χ3n) is 15.3. The number of aromatic nitrogens is 4. The summed E-state index contributed by atoms with van der Waals surface area (Å²) < 4.78 is 52.6. The summed E-state index contributed by atoms with van der Waals surface area (Å²) in [6.07, 6.45) is 2.88. The molecule has 0 fully saturated rings. The Kier molecular flexibility index (Phi) is 18.7. The Labute approximate surface area is 520 Å². The molecule has 88 heavy (non-hydrogen) atoms. The molecule has 0 aliphatic heterocycles. The Hall–Kier alpha value is -9.56. The molecule has 1 unspecified atom stereocenters. The number of ketones is 1. The lowest BCUT2D eigenvalue weighted by Gasteiger charge is -2.23. The standard InChI is InChI=1S/C68H59B2N7O8S3/c1-44(78)18-14-16-38-84-51-32-28-46(29-33-51)64-62-61(66(55(43-72)68-74-57-41-53(83-4)35-37-59(57)87-68)77(64)70(48-21-10-6-11-22-48)49-23-12-7-13-24-49)63(45-26-30-50(31-27-45)85-39-17-15-25-60(79)75-88(80)81)76(69(2)47-19-8-5-9-20-47)65(62)54(42-71)67-73-56-40-52(82-3)34-36-58(56)86-67/h5-13,19-24,26-37,40-41H,14-18,25,38-39H2,1-4H3,(H,75,79)(H,80,81)/b65-54-,66-55-. The van der Waals surface area contributed by atoms with E-state index in [0.717, 1.165) is 36.9 Å². The lowest BCUT2D eigenvalue weighted by molar-refractivity contribution is -0.119. The molecule has 0 saturated carbocycles. The molecule has 0 aliphatic rings. The second-order valence-electron chi connectivity index (χ2n) is 21.0. The molecular formula is C68H59B2N7O8S3. The van der Waals surface area contributed by atoms with Gasteiger partial charge < -0.3 is 32.7 Å². The molecule has 0 aliphatic carbocycles. The second kappa shape index (κ2) is 27.4. The third kappa shape index (κ3) is 12.8. The van der Waals surface area contributed by atoms with Crippen LogP contribution in [0.3, 0.4) is 0 Å². The number of nitrogens with zero attached hydrogens (tertiary/aromatic N) is 6. The van der Waals surface area contributed by atoms with Gasteiger partial charge in [0, 0.05) is 47.1 Å². The smallest absolute Gasteiger partial charge is 0.328 e. The van der Waals surface area contributed by atoms with Crippen LogP contribution in [0.1, 0.15) is 55.5 Å². The van der Waals surface area contributed by atoms with E-state index in [1.54, 1.807) is 21.1 Å². The zero-order chi connectivity index (χ0) is 61.3. The lowest BCUT2D eigenvalue weighted by Crippen LogP contribution is -2.53. The summed E-state index contributed by atoms with van der Waals surface area (Å²) in [7, 11) is 3.22. The first kappa shape index (κ1) is 60.1. The summed E-state index contributed by atoms with van der Waals surface area (Å²) in [6, 6.07) is 63.2. The van der Waals surface area contributed by atoms with Crippen molar-refractivity contribution in [3.8, 4) is 57.7 Å². The van der Waals surface area contributed by atoms with Crippen molar-refractivity contribution < 1.29 is 37.3 Å². The fourth-order valence-corrected chi connectivity index (χ4v) is 13.4. The van der Waals surface area contributed by atoms with E-state index in [4.69, 9.17) is 33.5 Å². The number of hydrogen-bond donors (Lipinski definition) is 2. The van der Waals surface area contributed by atoms with Gasteiger partial charge in [-0.1, -0.05) is 114 Å². The van der Waals surface area contributed by atoms with Gasteiger partial charge in [0.25, 0.3) is 18.1 Å². The highest BCUT2D eigenvalue weighted by Crippen LogP contribution is 2.39. The summed E-state index contributed by atoms with van der Waals surface area (Å²) in [5.74, 6) is 2.05. The van der Waals surface area contributed by atoms with Crippen molar-refractivity contribution in [2.24, 2.45) is 0 Å². The highest BCUT2D eigenvalue weighted by Gasteiger charge is 2.36. The molecule has 7 aromatic carbocycles. The molecule has 0 radical (unpaired) electrons. The summed E-state index contributed by atoms with van der Waals surface area (Å²) in [5, 5.41) is 27.9. The Morgan fingerprint density at radius 3 is 1.43 bits per heavy atom. The molecule has 1 amide bonds. The van der Waals surface area contributed by atoms with Gasteiger partial charge in [0.1, 0.15) is 62.1 Å². The summed E-state index contributed by atoms with van der Waals surface area (Å²) in [6.45, 7) is 3.33. The maximum absolute atomic E-state index is 12.3. The predicted molar refractivity (Wildman–Crippen MR) is 353 cm³/mol. The molecule has 4 aromatic heterocycles. The van der Waals surface area contributed by atoms with Crippen LogP contribution in [0.5, 0.6) is 23.0 Å². The van der Waals surface area contributed by atoms with Crippen LogP contribution in [-0.4, -0.2) is 80.5 Å². The fourth-order valence-electron chi connectivity index (χ4n) is 11.2. The number of nitrogens with one attached hydrogen (secondary N) is 1. The second-order valence-corrected chi connectivity index (χ2v) is 23.8. The first-order valence-electron chi connectivity index (χ1n) is 28.7. The van der Waals surface area contributed by atoms with Crippen LogP contribution in [0, 0.1) is 22.7 Å². The van der Waals surface area contributed by atoms with Crippen LogP contribution in [0.2, 0.25) is 6.82 Å². The zero-order valence-electron chi connectivity index (χ0n) is 48.8. The quantitative estimate of drug-likeness (QED) is 0.0330. The largest absolute Gasteiger partial charge is 0.497 e. The van der Waals surface area contributed by atoms with E-state index in [1.807, 2.05) is 144 Å². The van der Waals surface area contributed by atoms with Gasteiger partial charge in [-0.3, -0.25) is 14.1 Å². The van der Waals surface area contributed by atoms with Gasteiger partial charge >= 0.3 is 6.85 Å². The molecule has 11 aromatic rings. The maximum Gasteiger partial charge on any atom is 0.328 e. The number of methoxy groups -OCH3 is 2. The molecular weight excluding hydrogens is 1160 g/mol. The number of benzene rings is 7. The Morgan fingerprint density at radius 1 is 0.580 bits per heavy atom. The van der Waals surface area contributed by atoms with Gasteiger partial charge in [-0.05, 0) is 117 Å². The first-order chi connectivity index (χ1) is 43.0. The molecule has 2 N–H and O–H groups in total. The average Bonchev–Trinajstić information content (AvgIpc) is 1.54. The van der Waals surface area contributed by atoms with Gasteiger partial charge in [-0.2, -0.15) is 10.5 Å². The number of thiazole rings is 2. The van der Waals surface area contributed by atoms with Crippen molar-refractivity contribution in [2.75, 3.05) is 27.4 Å². The molecule has 1 atom stereocenters. The Morgan fingerprint density at radius 2 is 1.00 bits per heavy atom. The number of hydrogen-bond acceptors (Lipinski definition) is 13. The van der Waals surface area contributed by atoms with E-state index in [1.165, 1.54) is 22.7 Å². The van der Waals surface area contributed by atoms with Crippen molar-refractivity contribution in [3.63, 3.8) is 0 Å². The third-order valence-corrected chi connectivity index (χ3v) is 17.9. The number of amides is 1. The van der Waals surface area contributed by atoms with Gasteiger partial charge in [0.2, 0.25) is 5.91 Å². The number of carbonyl (C=O) groups excluding carboxylic acids is 2. The predicted octanol–water partition coefficient (Wildman–Crippen LogP) is 10.4. The number of rotatable bonds is 24. The minimum absolute atomic E-state index is 0.0593. The minimum Gasteiger partial charge on any atom is -0.497 e. The molecule has 0 bridgehead atoms. The van der Waals surface area contributed by atoms with E-state index in [0.29, 0.717) is 127 Å². The molecule has 0 spiro atoms. The van der Waals surface area contributed by atoms with Crippen LogP contribution in [0.25, 0.3) is 64.9 Å². The first-order valence-corrected chi connectivity index (χ1v) is 31.5. The number of ether oxygens (including phenoxy) is 4. The zero-order valence-corrected chi connectivity index (χ0v) is 51.2. The number of unbranched alkanes of at least 4 members (excludes halogenated alkanes) is 2. The van der Waals surface area contributed by atoms with Crippen molar-refractivity contribution in [1.82, 2.24) is 23.6 Å². The van der Waals surface area contributed by atoms with E-state index in [9.17, 15) is 24.3 Å². The highest BCUT2D eigenvalue weighted by atomic mass is 32.2. The van der Waals surface area contributed by atoms with Crippen LogP contribution < -0.4 is 50.8 Å². The summed E-state index contributed by atoms with van der Waals surface area (Å²) in [5.41, 5.74) is 7.62. The molecule has 15 nitrogen and oxygen atoms in total. The minimum atomic E-state index is -2.44. The van der Waals surface area contributed by atoms with Crippen LogP contribution >= 0.6 is 22.7 Å². The Balaban J connectivity index is 1.32. The average molecular weight is 1220 g/mol. The van der Waals surface area contributed by atoms with Crippen LogP contribution in [0.4, 0.5) is 0 Å².